The Morgan fingerprint density at radius 2 is 1.71 bits per heavy atom. The van der Waals surface area contributed by atoms with E-state index in [1.807, 2.05) is 20.0 Å². The minimum Gasteiger partial charge on any atom is -0.282 e. The van der Waals surface area contributed by atoms with E-state index >= 15 is 0 Å². The topological polar surface area (TPSA) is 28.7 Å². The SMILES string of the molecule is CC.CC(C)C(C)(C)CC(C)(C)c1ccn[nH]1. The maximum atomic E-state index is 4.04. The van der Waals surface area contributed by atoms with Gasteiger partial charge in [-0.2, -0.15) is 5.10 Å². The smallest absolute Gasteiger partial charge is 0.0490 e. The van der Waals surface area contributed by atoms with E-state index in [1.165, 1.54) is 12.1 Å². The summed E-state index contributed by atoms with van der Waals surface area (Å²) in [4.78, 5) is 0. The molecule has 1 rings (SSSR count). The van der Waals surface area contributed by atoms with Crippen LogP contribution in [0.4, 0.5) is 0 Å². The quantitative estimate of drug-likeness (QED) is 0.803. The lowest BCUT2D eigenvalue weighted by atomic mass is 9.68. The Kier molecular flexibility index (Phi) is 5.94. The van der Waals surface area contributed by atoms with Crippen LogP contribution >= 0.6 is 0 Å². The van der Waals surface area contributed by atoms with E-state index < -0.39 is 0 Å². The summed E-state index contributed by atoms with van der Waals surface area (Å²) < 4.78 is 0. The Bertz CT molecular complexity index is 295. The predicted octanol–water partition coefficient (Wildman–Crippen LogP) is 4.79. The molecule has 0 aliphatic heterocycles. The van der Waals surface area contributed by atoms with Crippen LogP contribution in [-0.2, 0) is 5.41 Å². The van der Waals surface area contributed by atoms with E-state index in [0.29, 0.717) is 11.3 Å². The summed E-state index contributed by atoms with van der Waals surface area (Å²) >= 11 is 0. The summed E-state index contributed by atoms with van der Waals surface area (Å²) in [6.07, 6.45) is 3.00. The van der Waals surface area contributed by atoms with Gasteiger partial charge in [-0.25, -0.2) is 0 Å². The maximum Gasteiger partial charge on any atom is 0.0490 e. The highest BCUT2D eigenvalue weighted by atomic mass is 15.1. The number of H-pyrrole nitrogens is 1. The van der Waals surface area contributed by atoms with Gasteiger partial charge in [-0.3, -0.25) is 5.10 Å². The van der Waals surface area contributed by atoms with Crippen molar-refractivity contribution < 1.29 is 0 Å². The molecule has 0 atom stereocenters. The second-order valence-electron chi connectivity index (χ2n) is 6.17. The van der Waals surface area contributed by atoms with Crippen LogP contribution in [0.15, 0.2) is 12.3 Å². The number of rotatable bonds is 4. The number of nitrogens with zero attached hydrogens (tertiary/aromatic N) is 1. The Morgan fingerprint density at radius 1 is 1.18 bits per heavy atom. The average Bonchev–Trinajstić information content (AvgIpc) is 2.72. The third-order valence-electron chi connectivity index (χ3n) is 3.69. The average molecular weight is 238 g/mol. The summed E-state index contributed by atoms with van der Waals surface area (Å²) in [6, 6.07) is 2.08. The Hall–Kier alpha value is -0.790. The van der Waals surface area contributed by atoms with E-state index in [4.69, 9.17) is 0 Å². The first-order valence-corrected chi connectivity index (χ1v) is 6.75. The lowest BCUT2D eigenvalue weighted by molar-refractivity contribution is 0.179. The summed E-state index contributed by atoms with van der Waals surface area (Å²) in [6.45, 7) is 17.8. The zero-order valence-corrected chi connectivity index (χ0v) is 12.9. The molecule has 1 heterocycles. The van der Waals surface area contributed by atoms with Crippen molar-refractivity contribution in [1.29, 1.82) is 0 Å². The molecule has 0 fully saturated rings. The third-order valence-corrected chi connectivity index (χ3v) is 3.69. The fourth-order valence-corrected chi connectivity index (χ4v) is 2.07. The van der Waals surface area contributed by atoms with Crippen LogP contribution < -0.4 is 0 Å². The number of hydrogen-bond acceptors (Lipinski definition) is 1. The van der Waals surface area contributed by atoms with Gasteiger partial charge in [-0.1, -0.05) is 55.4 Å². The summed E-state index contributed by atoms with van der Waals surface area (Å²) in [5.74, 6) is 0.694. The van der Waals surface area contributed by atoms with Crippen molar-refractivity contribution in [2.45, 2.75) is 67.2 Å². The molecule has 0 aliphatic rings. The Morgan fingerprint density at radius 3 is 2.06 bits per heavy atom. The van der Waals surface area contributed by atoms with E-state index in [1.54, 1.807) is 0 Å². The van der Waals surface area contributed by atoms with Crippen molar-refractivity contribution >= 4 is 0 Å². The molecule has 1 aromatic rings. The fourth-order valence-electron chi connectivity index (χ4n) is 2.07. The van der Waals surface area contributed by atoms with Gasteiger partial charge in [0.2, 0.25) is 0 Å². The van der Waals surface area contributed by atoms with E-state index in [-0.39, 0.29) is 5.41 Å². The van der Waals surface area contributed by atoms with E-state index in [9.17, 15) is 0 Å². The standard InChI is InChI=1S/C13H24N2.C2H6/c1-10(2)12(3,4)9-13(5,6)11-7-8-14-15-11;1-2/h7-8,10H,9H2,1-6H3,(H,14,15);1-2H3. The molecule has 0 saturated heterocycles. The molecule has 0 spiro atoms. The highest BCUT2D eigenvalue weighted by molar-refractivity contribution is 5.12. The predicted molar refractivity (Wildman–Crippen MR) is 76.2 cm³/mol. The van der Waals surface area contributed by atoms with Gasteiger partial charge in [-0.05, 0) is 23.8 Å². The summed E-state index contributed by atoms with van der Waals surface area (Å²) in [7, 11) is 0. The Labute approximate surface area is 107 Å². The zero-order chi connectivity index (χ0) is 13.7. The maximum absolute atomic E-state index is 4.04. The molecule has 1 aromatic heterocycles. The number of hydrogen-bond donors (Lipinski definition) is 1. The van der Waals surface area contributed by atoms with Gasteiger partial charge in [0.05, 0.1) is 0 Å². The van der Waals surface area contributed by atoms with Crippen LogP contribution in [0.3, 0.4) is 0 Å². The van der Waals surface area contributed by atoms with Crippen LogP contribution in [0.1, 0.15) is 67.5 Å². The first kappa shape index (κ1) is 16.2. The lowest BCUT2D eigenvalue weighted by Gasteiger charge is -2.37. The molecule has 0 amide bonds. The van der Waals surface area contributed by atoms with Crippen molar-refractivity contribution in [3.63, 3.8) is 0 Å². The first-order valence-electron chi connectivity index (χ1n) is 6.75. The van der Waals surface area contributed by atoms with Gasteiger partial charge in [0.25, 0.3) is 0 Å². The molecule has 0 unspecified atom stereocenters. The molecular formula is C15H30N2. The van der Waals surface area contributed by atoms with Crippen molar-refractivity contribution in [3.8, 4) is 0 Å². The first-order chi connectivity index (χ1) is 7.76. The van der Waals surface area contributed by atoms with Crippen molar-refractivity contribution in [2.75, 3.05) is 0 Å². The molecular weight excluding hydrogens is 208 g/mol. The van der Waals surface area contributed by atoms with Crippen LogP contribution in [0.5, 0.6) is 0 Å². The van der Waals surface area contributed by atoms with Crippen LogP contribution in [-0.4, -0.2) is 10.2 Å². The van der Waals surface area contributed by atoms with Crippen molar-refractivity contribution in [1.82, 2.24) is 10.2 Å². The highest BCUT2D eigenvalue weighted by Gasteiger charge is 2.32. The van der Waals surface area contributed by atoms with Crippen molar-refractivity contribution in [3.05, 3.63) is 18.0 Å². The monoisotopic (exact) mass is 238 g/mol. The molecule has 100 valence electrons. The molecule has 0 radical (unpaired) electrons. The van der Waals surface area contributed by atoms with Gasteiger partial charge in [-0.15, -0.1) is 0 Å². The second-order valence-corrected chi connectivity index (χ2v) is 6.17. The molecule has 0 bridgehead atoms. The molecule has 0 aliphatic carbocycles. The Balaban J connectivity index is 0.00000121. The molecule has 0 saturated carbocycles. The lowest BCUT2D eigenvalue weighted by Crippen LogP contribution is -2.30. The minimum absolute atomic E-state index is 0.171. The van der Waals surface area contributed by atoms with Gasteiger partial charge in [0.15, 0.2) is 0 Å². The number of aromatic amines is 1. The van der Waals surface area contributed by atoms with Gasteiger partial charge in [0.1, 0.15) is 0 Å². The molecule has 1 N–H and O–H groups in total. The number of nitrogens with one attached hydrogen (secondary N) is 1. The second kappa shape index (κ2) is 6.23. The highest BCUT2D eigenvalue weighted by Crippen LogP contribution is 2.40. The number of aromatic nitrogens is 2. The van der Waals surface area contributed by atoms with Crippen LogP contribution in [0.2, 0.25) is 0 Å². The summed E-state index contributed by atoms with van der Waals surface area (Å²) in [5, 5.41) is 7.13. The minimum atomic E-state index is 0.171. The molecule has 2 nitrogen and oxygen atoms in total. The van der Waals surface area contributed by atoms with Gasteiger partial charge >= 0.3 is 0 Å². The van der Waals surface area contributed by atoms with Gasteiger partial charge in [0, 0.05) is 17.3 Å². The third kappa shape index (κ3) is 4.53. The van der Waals surface area contributed by atoms with E-state index in [2.05, 4.69) is 57.8 Å². The van der Waals surface area contributed by atoms with Gasteiger partial charge < -0.3 is 0 Å². The summed E-state index contributed by atoms with van der Waals surface area (Å²) in [5.41, 5.74) is 1.76. The molecule has 17 heavy (non-hydrogen) atoms. The van der Waals surface area contributed by atoms with Crippen molar-refractivity contribution in [2.24, 2.45) is 11.3 Å². The normalized spacial score (nSPS) is 12.3. The molecule has 0 aromatic carbocycles. The fraction of sp³-hybridized carbons (Fsp3) is 0.800. The van der Waals surface area contributed by atoms with Crippen LogP contribution in [0.25, 0.3) is 0 Å². The largest absolute Gasteiger partial charge is 0.282 e. The molecule has 2 heteroatoms. The van der Waals surface area contributed by atoms with Crippen LogP contribution in [0, 0.1) is 11.3 Å². The zero-order valence-electron chi connectivity index (χ0n) is 12.9. The van der Waals surface area contributed by atoms with E-state index in [0.717, 1.165) is 0 Å².